The fourth-order valence-corrected chi connectivity index (χ4v) is 2.28. The van der Waals surface area contributed by atoms with Crippen molar-refractivity contribution < 1.29 is 13.9 Å². The molecule has 0 aliphatic heterocycles. The number of nitrogens with zero attached hydrogens (tertiary/aromatic N) is 3. The van der Waals surface area contributed by atoms with Crippen LogP contribution in [0.2, 0.25) is 5.02 Å². The van der Waals surface area contributed by atoms with E-state index in [1.54, 1.807) is 6.07 Å². The summed E-state index contributed by atoms with van der Waals surface area (Å²) < 4.78 is 19.2. The molecular weight excluding hydrogens is 333 g/mol. The average molecular weight is 344 g/mol. The van der Waals surface area contributed by atoms with Crippen molar-refractivity contribution in [2.45, 2.75) is 6.42 Å². The summed E-state index contributed by atoms with van der Waals surface area (Å²) in [6.45, 7) is 0. The average Bonchev–Trinajstić information content (AvgIpc) is 2.57. The van der Waals surface area contributed by atoms with Crippen LogP contribution in [0.15, 0.2) is 55.2 Å². The second kappa shape index (κ2) is 7.14. The van der Waals surface area contributed by atoms with Crippen LogP contribution in [0.1, 0.15) is 16.1 Å². The van der Waals surface area contributed by atoms with Crippen LogP contribution in [-0.4, -0.2) is 20.7 Å². The minimum Gasteiger partial charge on any atom is -0.454 e. The monoisotopic (exact) mass is 343 g/mol. The summed E-state index contributed by atoms with van der Waals surface area (Å²) in [6, 6.07) is 7.32. The molecule has 3 aromatic rings. The van der Waals surface area contributed by atoms with Gasteiger partial charge in [-0.25, -0.2) is 14.4 Å². The molecule has 2 aromatic heterocycles. The summed E-state index contributed by atoms with van der Waals surface area (Å²) >= 11 is 6.04. The van der Waals surface area contributed by atoms with E-state index in [0.717, 1.165) is 0 Å². The molecule has 1 aromatic carbocycles. The van der Waals surface area contributed by atoms with E-state index < -0.39 is 5.82 Å². The number of ether oxygens (including phenoxy) is 1. The Morgan fingerprint density at radius 3 is 2.71 bits per heavy atom. The van der Waals surface area contributed by atoms with Crippen molar-refractivity contribution in [1.82, 2.24) is 15.0 Å². The molecule has 0 atom stereocenters. The second-order valence-corrected chi connectivity index (χ2v) is 5.32. The lowest BCUT2D eigenvalue weighted by atomic mass is 10.1. The van der Waals surface area contributed by atoms with Crippen molar-refractivity contribution in [3.05, 3.63) is 77.3 Å². The molecule has 0 fully saturated rings. The van der Waals surface area contributed by atoms with E-state index in [4.69, 9.17) is 16.3 Å². The highest BCUT2D eigenvalue weighted by molar-refractivity contribution is 6.31. The van der Waals surface area contributed by atoms with Crippen molar-refractivity contribution in [2.24, 2.45) is 0 Å². The van der Waals surface area contributed by atoms with E-state index in [9.17, 15) is 9.18 Å². The third kappa shape index (κ3) is 3.91. The van der Waals surface area contributed by atoms with E-state index in [2.05, 4.69) is 15.0 Å². The van der Waals surface area contributed by atoms with Crippen molar-refractivity contribution >= 4 is 17.4 Å². The summed E-state index contributed by atoms with van der Waals surface area (Å²) in [6.07, 6.45) is 5.62. The van der Waals surface area contributed by atoms with Gasteiger partial charge in [-0.05, 0) is 30.3 Å². The molecule has 0 saturated carbocycles. The van der Waals surface area contributed by atoms with Crippen LogP contribution in [-0.2, 0) is 6.42 Å². The van der Waals surface area contributed by atoms with Gasteiger partial charge in [0.05, 0.1) is 24.5 Å². The van der Waals surface area contributed by atoms with Gasteiger partial charge in [0, 0.05) is 16.8 Å². The molecule has 0 N–H and O–H groups in total. The summed E-state index contributed by atoms with van der Waals surface area (Å²) in [5, 5.41) is 0.328. The second-order valence-electron chi connectivity index (χ2n) is 4.88. The fraction of sp³-hybridized carbons (Fsp3) is 0.0588. The van der Waals surface area contributed by atoms with Crippen LogP contribution < -0.4 is 4.74 Å². The first-order chi connectivity index (χ1) is 11.6. The summed E-state index contributed by atoms with van der Waals surface area (Å²) in [5.41, 5.74) is 0.390. The zero-order valence-corrected chi connectivity index (χ0v) is 13.1. The number of carbonyl (C=O) groups excluding carboxylic acids is 1. The van der Waals surface area contributed by atoms with Crippen molar-refractivity contribution in [3.8, 4) is 11.5 Å². The number of carbonyl (C=O) groups is 1. The van der Waals surface area contributed by atoms with E-state index in [0.29, 0.717) is 22.1 Å². The van der Waals surface area contributed by atoms with Gasteiger partial charge in [-0.3, -0.25) is 9.78 Å². The lowest BCUT2D eigenvalue weighted by molar-refractivity contribution is 0.0990. The molecule has 24 heavy (non-hydrogen) atoms. The number of halogens is 2. The molecule has 120 valence electrons. The number of benzene rings is 1. The lowest BCUT2D eigenvalue weighted by Crippen LogP contribution is -2.07. The Labute approximate surface area is 142 Å². The molecule has 0 amide bonds. The van der Waals surface area contributed by atoms with Gasteiger partial charge in [-0.1, -0.05) is 11.6 Å². The van der Waals surface area contributed by atoms with Crippen LogP contribution in [0.5, 0.6) is 11.5 Å². The number of pyridine rings is 1. The van der Waals surface area contributed by atoms with E-state index in [1.807, 2.05) is 0 Å². The summed E-state index contributed by atoms with van der Waals surface area (Å²) in [4.78, 5) is 23.9. The van der Waals surface area contributed by atoms with Gasteiger partial charge < -0.3 is 4.74 Å². The van der Waals surface area contributed by atoms with Crippen LogP contribution >= 0.6 is 11.6 Å². The number of aromatic nitrogens is 3. The predicted molar refractivity (Wildman–Crippen MR) is 85.8 cm³/mol. The maximum atomic E-state index is 13.6. The summed E-state index contributed by atoms with van der Waals surface area (Å²) in [7, 11) is 0. The molecule has 0 unspecified atom stereocenters. The zero-order valence-electron chi connectivity index (χ0n) is 12.3. The standard InChI is InChI=1S/C17H11ClFN3O2/c18-12-4-11(17(23)7-16-15(19)2-1-3-22-16)5-13(6-12)24-14-8-20-10-21-9-14/h1-6,8-10H,7H2. The van der Waals surface area contributed by atoms with Crippen LogP contribution in [0.4, 0.5) is 4.39 Å². The topological polar surface area (TPSA) is 65.0 Å². The molecule has 2 heterocycles. The van der Waals surface area contributed by atoms with Gasteiger partial charge in [0.15, 0.2) is 11.5 Å². The lowest BCUT2D eigenvalue weighted by Gasteiger charge is -2.08. The minimum absolute atomic E-state index is 0.0846. The number of Topliss-reactive ketones (excluding diaryl/α,β-unsaturated/α-hetero) is 1. The predicted octanol–water partition coefficient (Wildman–Crippen LogP) is 3.88. The number of ketones is 1. The third-order valence-electron chi connectivity index (χ3n) is 3.13. The highest BCUT2D eigenvalue weighted by Gasteiger charge is 2.14. The molecule has 0 aliphatic carbocycles. The number of hydrogen-bond acceptors (Lipinski definition) is 5. The number of hydrogen-bond donors (Lipinski definition) is 0. The molecule has 0 bridgehead atoms. The molecular formula is C17H11ClFN3O2. The Balaban J connectivity index is 1.83. The third-order valence-corrected chi connectivity index (χ3v) is 3.35. The van der Waals surface area contributed by atoms with Gasteiger partial charge in [-0.2, -0.15) is 0 Å². The Bertz CT molecular complexity index is 875. The molecule has 0 saturated heterocycles. The molecule has 3 rings (SSSR count). The van der Waals surface area contributed by atoms with Crippen LogP contribution in [0.25, 0.3) is 0 Å². The van der Waals surface area contributed by atoms with E-state index >= 15 is 0 Å². The molecule has 7 heteroatoms. The van der Waals surface area contributed by atoms with Gasteiger partial charge in [-0.15, -0.1) is 0 Å². The molecule has 0 radical (unpaired) electrons. The maximum absolute atomic E-state index is 13.6. The Morgan fingerprint density at radius 2 is 1.96 bits per heavy atom. The SMILES string of the molecule is O=C(Cc1ncccc1F)c1cc(Cl)cc(Oc2cncnc2)c1. The normalized spacial score (nSPS) is 10.4. The molecule has 0 aliphatic rings. The van der Waals surface area contributed by atoms with Gasteiger partial charge in [0.1, 0.15) is 17.9 Å². The smallest absolute Gasteiger partial charge is 0.169 e. The molecule has 0 spiro atoms. The van der Waals surface area contributed by atoms with Gasteiger partial charge >= 0.3 is 0 Å². The van der Waals surface area contributed by atoms with Gasteiger partial charge in [0.2, 0.25) is 0 Å². The minimum atomic E-state index is -0.522. The Hall–Kier alpha value is -2.86. The zero-order chi connectivity index (χ0) is 16.9. The van der Waals surface area contributed by atoms with E-state index in [1.165, 1.54) is 49.2 Å². The maximum Gasteiger partial charge on any atom is 0.169 e. The quantitative estimate of drug-likeness (QED) is 0.658. The Kier molecular flexibility index (Phi) is 4.77. The largest absolute Gasteiger partial charge is 0.454 e. The van der Waals surface area contributed by atoms with Crippen molar-refractivity contribution in [1.29, 1.82) is 0 Å². The van der Waals surface area contributed by atoms with Crippen LogP contribution in [0.3, 0.4) is 0 Å². The van der Waals surface area contributed by atoms with Crippen molar-refractivity contribution in [3.63, 3.8) is 0 Å². The fourth-order valence-electron chi connectivity index (χ4n) is 2.06. The van der Waals surface area contributed by atoms with Crippen LogP contribution in [0, 0.1) is 5.82 Å². The highest BCUT2D eigenvalue weighted by Crippen LogP contribution is 2.26. The first-order valence-electron chi connectivity index (χ1n) is 6.98. The summed E-state index contributed by atoms with van der Waals surface area (Å²) in [5.74, 6) is -0.0638. The first-order valence-corrected chi connectivity index (χ1v) is 7.35. The van der Waals surface area contributed by atoms with Crippen molar-refractivity contribution in [2.75, 3.05) is 0 Å². The number of rotatable bonds is 5. The van der Waals surface area contributed by atoms with Gasteiger partial charge in [0.25, 0.3) is 0 Å². The first kappa shape index (κ1) is 16.0. The highest BCUT2D eigenvalue weighted by atomic mass is 35.5. The van der Waals surface area contributed by atoms with E-state index in [-0.39, 0.29) is 17.9 Å². The Morgan fingerprint density at radius 1 is 1.17 bits per heavy atom. The molecule has 5 nitrogen and oxygen atoms in total.